The van der Waals surface area contributed by atoms with Crippen molar-refractivity contribution in [3.63, 3.8) is 0 Å². The third kappa shape index (κ3) is 9.22. The first-order valence-corrected chi connectivity index (χ1v) is 10.6. The van der Waals surface area contributed by atoms with E-state index in [2.05, 4.69) is 36.9 Å². The van der Waals surface area contributed by atoms with Gasteiger partial charge in [-0.15, -0.1) is 9.24 Å². The Bertz CT molecular complexity index is 206. The van der Waals surface area contributed by atoms with Crippen molar-refractivity contribution in [3.8, 4) is 0 Å². The Morgan fingerprint density at radius 2 is 1.14 bits per heavy atom. The van der Waals surface area contributed by atoms with E-state index in [0.29, 0.717) is 5.41 Å². The largest absolute Gasteiger partial charge is 0.134 e. The highest BCUT2D eigenvalue weighted by Crippen LogP contribution is 2.44. The molecule has 1 heteroatoms. The van der Waals surface area contributed by atoms with E-state index in [1.807, 2.05) is 0 Å². The van der Waals surface area contributed by atoms with Gasteiger partial charge in [0.15, 0.2) is 0 Å². The molecule has 0 saturated carbocycles. The molecule has 0 nitrogen and oxygen atoms in total. The lowest BCUT2D eigenvalue weighted by atomic mass is 9.71. The zero-order valence-electron chi connectivity index (χ0n) is 15.6. The van der Waals surface area contributed by atoms with E-state index in [1.165, 1.54) is 89.9 Å². The van der Waals surface area contributed by atoms with Gasteiger partial charge < -0.3 is 0 Å². The SMILES string of the molecule is CCCCCCCC(P)C(CCC)(CCC)CCCCC. The summed E-state index contributed by atoms with van der Waals surface area (Å²) in [4.78, 5) is 0. The van der Waals surface area contributed by atoms with Gasteiger partial charge in [-0.05, 0) is 36.8 Å². The number of hydrogen-bond donors (Lipinski definition) is 0. The maximum absolute atomic E-state index is 3.26. The van der Waals surface area contributed by atoms with Crippen molar-refractivity contribution < 1.29 is 0 Å². The molecule has 0 heterocycles. The van der Waals surface area contributed by atoms with Crippen molar-refractivity contribution in [1.82, 2.24) is 0 Å². The molecule has 0 N–H and O–H groups in total. The molecule has 0 aromatic rings. The fourth-order valence-corrected chi connectivity index (χ4v) is 4.66. The monoisotopic (exact) mass is 314 g/mol. The second kappa shape index (κ2) is 14.0. The van der Waals surface area contributed by atoms with Crippen molar-refractivity contribution in [1.29, 1.82) is 0 Å². The van der Waals surface area contributed by atoms with Crippen LogP contribution in [-0.4, -0.2) is 5.66 Å². The molecule has 0 aliphatic carbocycles. The summed E-state index contributed by atoms with van der Waals surface area (Å²) in [5.74, 6) is 0. The van der Waals surface area contributed by atoms with Crippen LogP contribution >= 0.6 is 9.24 Å². The molecule has 0 spiro atoms. The summed E-state index contributed by atoms with van der Waals surface area (Å²) in [5.41, 5.74) is 1.46. The Morgan fingerprint density at radius 3 is 1.67 bits per heavy atom. The highest BCUT2D eigenvalue weighted by atomic mass is 31.0. The molecule has 0 aromatic heterocycles. The molecular weight excluding hydrogens is 271 g/mol. The standard InChI is InChI=1S/C20H43P/c1-5-9-11-12-13-15-19(21)20(16-7-3,17-8-4)18-14-10-6-2/h19H,5-18,21H2,1-4H3. The van der Waals surface area contributed by atoms with Crippen LogP contribution in [0.4, 0.5) is 0 Å². The van der Waals surface area contributed by atoms with Gasteiger partial charge in [0.25, 0.3) is 0 Å². The van der Waals surface area contributed by atoms with E-state index >= 15 is 0 Å². The first-order chi connectivity index (χ1) is 10.2. The molecule has 0 aliphatic heterocycles. The molecule has 128 valence electrons. The molecule has 0 aliphatic rings. The topological polar surface area (TPSA) is 0 Å². The highest BCUT2D eigenvalue weighted by molar-refractivity contribution is 7.17. The third-order valence-electron chi connectivity index (χ3n) is 5.18. The molecular formula is C20H43P. The van der Waals surface area contributed by atoms with Crippen LogP contribution in [0, 0.1) is 5.41 Å². The smallest absolute Gasteiger partial charge is 0.0208 e. The summed E-state index contributed by atoms with van der Waals surface area (Å²) >= 11 is 0. The predicted octanol–water partition coefficient (Wildman–Crippen LogP) is 7.76. The van der Waals surface area contributed by atoms with Gasteiger partial charge in [-0.1, -0.05) is 91.9 Å². The zero-order chi connectivity index (χ0) is 16.0. The first kappa shape index (κ1) is 21.4. The lowest BCUT2D eigenvalue weighted by Crippen LogP contribution is -2.31. The molecule has 2 atom stereocenters. The average Bonchev–Trinajstić information content (AvgIpc) is 2.47. The van der Waals surface area contributed by atoms with Crippen molar-refractivity contribution in [2.24, 2.45) is 5.41 Å². The number of hydrogen-bond acceptors (Lipinski definition) is 0. The van der Waals surface area contributed by atoms with Gasteiger partial charge in [-0.2, -0.15) is 0 Å². The molecule has 0 fully saturated rings. The number of unbranched alkanes of at least 4 members (excludes halogenated alkanes) is 6. The third-order valence-corrected chi connectivity index (χ3v) is 6.22. The average molecular weight is 315 g/mol. The van der Waals surface area contributed by atoms with E-state index < -0.39 is 0 Å². The van der Waals surface area contributed by atoms with Crippen LogP contribution in [0.1, 0.15) is 118 Å². The minimum Gasteiger partial charge on any atom is -0.134 e. The Kier molecular flexibility index (Phi) is 14.3. The summed E-state index contributed by atoms with van der Waals surface area (Å²) in [5, 5.41) is 0. The van der Waals surface area contributed by atoms with Gasteiger partial charge in [0.05, 0.1) is 0 Å². The summed E-state index contributed by atoms with van der Waals surface area (Å²) in [6, 6.07) is 0. The second-order valence-corrected chi connectivity index (χ2v) is 7.93. The molecule has 0 radical (unpaired) electrons. The normalized spacial score (nSPS) is 13.6. The van der Waals surface area contributed by atoms with Gasteiger partial charge >= 0.3 is 0 Å². The van der Waals surface area contributed by atoms with E-state index in [0.717, 1.165) is 5.66 Å². The Hall–Kier alpha value is 0.430. The highest BCUT2D eigenvalue weighted by Gasteiger charge is 2.33. The van der Waals surface area contributed by atoms with Crippen LogP contribution in [0.5, 0.6) is 0 Å². The quantitative estimate of drug-likeness (QED) is 0.214. The maximum Gasteiger partial charge on any atom is -0.0208 e. The molecule has 0 aromatic carbocycles. The van der Waals surface area contributed by atoms with Gasteiger partial charge in [-0.3, -0.25) is 0 Å². The van der Waals surface area contributed by atoms with Crippen LogP contribution in [-0.2, 0) is 0 Å². The first-order valence-electron chi connectivity index (χ1n) is 9.92. The van der Waals surface area contributed by atoms with Gasteiger partial charge in [0, 0.05) is 0 Å². The van der Waals surface area contributed by atoms with Crippen molar-refractivity contribution in [2.45, 2.75) is 123 Å². The van der Waals surface area contributed by atoms with Crippen molar-refractivity contribution >= 4 is 9.24 Å². The molecule has 2 unspecified atom stereocenters. The Balaban J connectivity index is 4.43. The Morgan fingerprint density at radius 1 is 0.619 bits per heavy atom. The molecule has 0 saturated heterocycles. The summed E-state index contributed by atoms with van der Waals surface area (Å²) in [6.45, 7) is 9.39. The van der Waals surface area contributed by atoms with Gasteiger partial charge in [0.1, 0.15) is 0 Å². The maximum atomic E-state index is 3.26. The number of rotatable bonds is 15. The molecule has 0 amide bonds. The van der Waals surface area contributed by atoms with E-state index in [-0.39, 0.29) is 0 Å². The van der Waals surface area contributed by atoms with Crippen LogP contribution in [0.15, 0.2) is 0 Å². The lowest BCUT2D eigenvalue weighted by Gasteiger charge is -2.40. The van der Waals surface area contributed by atoms with Gasteiger partial charge in [-0.25, -0.2) is 0 Å². The van der Waals surface area contributed by atoms with E-state index in [9.17, 15) is 0 Å². The molecule has 21 heavy (non-hydrogen) atoms. The fraction of sp³-hybridized carbons (Fsp3) is 1.00. The van der Waals surface area contributed by atoms with E-state index in [1.54, 1.807) is 0 Å². The van der Waals surface area contributed by atoms with Crippen LogP contribution in [0.3, 0.4) is 0 Å². The zero-order valence-corrected chi connectivity index (χ0v) is 16.7. The van der Waals surface area contributed by atoms with Crippen LogP contribution < -0.4 is 0 Å². The summed E-state index contributed by atoms with van der Waals surface area (Å²) < 4.78 is 0. The minimum absolute atomic E-state index is 0.619. The Labute approximate surface area is 138 Å². The summed E-state index contributed by atoms with van der Waals surface area (Å²) in [7, 11) is 3.26. The van der Waals surface area contributed by atoms with E-state index in [4.69, 9.17) is 0 Å². The molecule has 0 bridgehead atoms. The van der Waals surface area contributed by atoms with Crippen LogP contribution in [0.25, 0.3) is 0 Å². The van der Waals surface area contributed by atoms with Crippen molar-refractivity contribution in [2.75, 3.05) is 0 Å². The van der Waals surface area contributed by atoms with Crippen molar-refractivity contribution in [3.05, 3.63) is 0 Å². The lowest BCUT2D eigenvalue weighted by molar-refractivity contribution is 0.190. The summed E-state index contributed by atoms with van der Waals surface area (Å²) in [6.07, 6.45) is 19.8. The fourth-order valence-electron chi connectivity index (χ4n) is 3.93. The molecule has 0 rings (SSSR count). The predicted molar refractivity (Wildman–Crippen MR) is 103 cm³/mol. The van der Waals surface area contributed by atoms with Crippen LogP contribution in [0.2, 0.25) is 0 Å². The van der Waals surface area contributed by atoms with Gasteiger partial charge in [0.2, 0.25) is 0 Å². The minimum atomic E-state index is 0.619. The second-order valence-electron chi connectivity index (χ2n) is 7.13.